The fourth-order valence-corrected chi connectivity index (χ4v) is 1.27. The van der Waals surface area contributed by atoms with Crippen molar-refractivity contribution in [1.29, 1.82) is 0 Å². The molecule has 1 N–H and O–H groups in total. The minimum Gasteiger partial charge on any atom is -0.383 e. The number of hydrogen-bond donors (Lipinski definition) is 1. The molecule has 0 radical (unpaired) electrons. The summed E-state index contributed by atoms with van der Waals surface area (Å²) in [6, 6.07) is 5.27. The average Bonchev–Trinajstić information content (AvgIpc) is 2.07. The first-order chi connectivity index (χ1) is 5.74. The van der Waals surface area contributed by atoms with Crippen LogP contribution in [0.5, 0.6) is 0 Å². The molecule has 0 bridgehead atoms. The molecule has 0 saturated carbocycles. The molecule has 66 valence electrons. The Morgan fingerprint density at radius 3 is 2.67 bits per heavy atom. The number of rotatable bonds is 3. The highest BCUT2D eigenvalue weighted by molar-refractivity contribution is 6.35. The van der Waals surface area contributed by atoms with Crippen LogP contribution in [-0.4, -0.2) is 12.4 Å². The Bertz CT molecular complexity index is 262. The van der Waals surface area contributed by atoms with E-state index in [9.17, 15) is 0 Å². The van der Waals surface area contributed by atoms with Crippen LogP contribution in [0.4, 0.5) is 5.69 Å². The molecule has 0 aliphatic carbocycles. The second-order valence-corrected chi connectivity index (χ2v) is 3.46. The van der Waals surface area contributed by atoms with Crippen molar-refractivity contribution in [3.63, 3.8) is 0 Å². The zero-order chi connectivity index (χ0) is 8.97. The van der Waals surface area contributed by atoms with Crippen LogP contribution >= 0.6 is 34.8 Å². The van der Waals surface area contributed by atoms with Crippen LogP contribution in [0, 0.1) is 0 Å². The number of halogens is 3. The van der Waals surface area contributed by atoms with Crippen LogP contribution in [0.3, 0.4) is 0 Å². The number of nitrogens with one attached hydrogen (secondary N) is 1. The summed E-state index contributed by atoms with van der Waals surface area (Å²) >= 11 is 17.1. The highest BCUT2D eigenvalue weighted by Gasteiger charge is 1.98. The zero-order valence-electron chi connectivity index (χ0n) is 6.28. The molecule has 0 aliphatic heterocycles. The maximum absolute atomic E-state index is 5.87. The number of hydrogen-bond acceptors (Lipinski definition) is 1. The molecule has 0 saturated heterocycles. The van der Waals surface area contributed by atoms with E-state index < -0.39 is 0 Å². The van der Waals surface area contributed by atoms with E-state index in [1.807, 2.05) is 0 Å². The van der Waals surface area contributed by atoms with E-state index in [1.54, 1.807) is 18.2 Å². The molecular weight excluding hydrogens is 216 g/mol. The molecule has 1 rings (SSSR count). The summed E-state index contributed by atoms with van der Waals surface area (Å²) in [5.41, 5.74) is 0.824. The highest BCUT2D eigenvalue weighted by atomic mass is 35.5. The van der Waals surface area contributed by atoms with Gasteiger partial charge in [-0.25, -0.2) is 0 Å². The summed E-state index contributed by atoms with van der Waals surface area (Å²) in [5, 5.41) is 4.38. The van der Waals surface area contributed by atoms with Crippen molar-refractivity contribution >= 4 is 40.5 Å². The first kappa shape index (κ1) is 9.97. The predicted octanol–water partition coefficient (Wildman–Crippen LogP) is 3.64. The quantitative estimate of drug-likeness (QED) is 0.773. The summed E-state index contributed by atoms with van der Waals surface area (Å²) in [5.74, 6) is 0.544. The average molecular weight is 225 g/mol. The summed E-state index contributed by atoms with van der Waals surface area (Å²) in [7, 11) is 0. The molecule has 0 amide bonds. The van der Waals surface area contributed by atoms with E-state index in [0.717, 1.165) is 5.69 Å². The summed E-state index contributed by atoms with van der Waals surface area (Å²) in [6.45, 7) is 0.682. The summed E-state index contributed by atoms with van der Waals surface area (Å²) < 4.78 is 0. The molecule has 4 heteroatoms. The predicted molar refractivity (Wildman–Crippen MR) is 55.7 cm³/mol. The van der Waals surface area contributed by atoms with Gasteiger partial charge in [0.05, 0.1) is 10.7 Å². The van der Waals surface area contributed by atoms with Gasteiger partial charge in [0.25, 0.3) is 0 Å². The third-order valence-corrected chi connectivity index (χ3v) is 2.09. The Morgan fingerprint density at radius 1 is 1.25 bits per heavy atom. The van der Waals surface area contributed by atoms with Gasteiger partial charge in [-0.2, -0.15) is 0 Å². The van der Waals surface area contributed by atoms with Crippen LogP contribution in [0.2, 0.25) is 10.0 Å². The number of anilines is 1. The van der Waals surface area contributed by atoms with Crippen molar-refractivity contribution in [2.24, 2.45) is 0 Å². The lowest BCUT2D eigenvalue weighted by molar-refractivity contribution is 1.22. The van der Waals surface area contributed by atoms with Gasteiger partial charge in [-0.1, -0.05) is 23.2 Å². The van der Waals surface area contributed by atoms with Crippen molar-refractivity contribution in [2.45, 2.75) is 0 Å². The Labute approximate surface area is 86.6 Å². The van der Waals surface area contributed by atoms with E-state index in [1.165, 1.54) is 0 Å². The molecule has 0 unspecified atom stereocenters. The monoisotopic (exact) mass is 223 g/mol. The van der Waals surface area contributed by atoms with Gasteiger partial charge >= 0.3 is 0 Å². The van der Waals surface area contributed by atoms with E-state index >= 15 is 0 Å². The lowest BCUT2D eigenvalue weighted by atomic mass is 10.3. The van der Waals surface area contributed by atoms with E-state index in [4.69, 9.17) is 34.8 Å². The SMILES string of the molecule is ClCCNc1cc(Cl)ccc1Cl. The van der Waals surface area contributed by atoms with Crippen LogP contribution in [0.15, 0.2) is 18.2 Å². The Morgan fingerprint density at radius 2 is 2.00 bits per heavy atom. The van der Waals surface area contributed by atoms with Crippen molar-refractivity contribution in [3.8, 4) is 0 Å². The molecule has 0 aliphatic rings. The maximum atomic E-state index is 5.87. The summed E-state index contributed by atoms with van der Waals surface area (Å²) in [6.07, 6.45) is 0. The molecule has 0 atom stereocenters. The fraction of sp³-hybridized carbons (Fsp3) is 0.250. The lowest BCUT2D eigenvalue weighted by Gasteiger charge is -2.06. The van der Waals surface area contributed by atoms with Gasteiger partial charge < -0.3 is 5.32 Å². The second-order valence-electron chi connectivity index (χ2n) is 2.24. The Hall–Kier alpha value is -0.110. The van der Waals surface area contributed by atoms with E-state index in [2.05, 4.69) is 5.32 Å². The van der Waals surface area contributed by atoms with Crippen molar-refractivity contribution in [2.75, 3.05) is 17.7 Å². The van der Waals surface area contributed by atoms with E-state index in [0.29, 0.717) is 22.5 Å². The van der Waals surface area contributed by atoms with Gasteiger partial charge in [-0.15, -0.1) is 11.6 Å². The molecule has 0 aromatic heterocycles. The molecule has 1 aromatic carbocycles. The van der Waals surface area contributed by atoms with Crippen LogP contribution < -0.4 is 5.32 Å². The topological polar surface area (TPSA) is 12.0 Å². The fourth-order valence-electron chi connectivity index (χ4n) is 0.815. The normalized spacial score (nSPS) is 9.92. The zero-order valence-corrected chi connectivity index (χ0v) is 8.55. The van der Waals surface area contributed by atoms with Gasteiger partial charge in [0.2, 0.25) is 0 Å². The van der Waals surface area contributed by atoms with Crippen molar-refractivity contribution in [1.82, 2.24) is 0 Å². The third-order valence-electron chi connectivity index (χ3n) is 1.34. The molecular formula is C8H8Cl3N. The van der Waals surface area contributed by atoms with Gasteiger partial charge in [-0.05, 0) is 18.2 Å². The maximum Gasteiger partial charge on any atom is 0.0638 e. The van der Waals surface area contributed by atoms with Gasteiger partial charge in [-0.3, -0.25) is 0 Å². The molecule has 0 spiro atoms. The molecule has 0 fully saturated rings. The van der Waals surface area contributed by atoms with Crippen LogP contribution in [-0.2, 0) is 0 Å². The molecule has 0 heterocycles. The minimum absolute atomic E-state index is 0.544. The first-order valence-electron chi connectivity index (χ1n) is 3.49. The standard InChI is InChI=1S/C8H8Cl3N/c9-3-4-12-8-5-6(10)1-2-7(8)11/h1-2,5,12H,3-4H2. The van der Waals surface area contributed by atoms with Gasteiger partial charge in [0.1, 0.15) is 0 Å². The van der Waals surface area contributed by atoms with Crippen molar-refractivity contribution in [3.05, 3.63) is 28.2 Å². The Kier molecular flexibility index (Phi) is 3.99. The van der Waals surface area contributed by atoms with Gasteiger partial charge in [0, 0.05) is 17.4 Å². The van der Waals surface area contributed by atoms with Crippen molar-refractivity contribution < 1.29 is 0 Å². The molecule has 1 nitrogen and oxygen atoms in total. The minimum atomic E-state index is 0.544. The lowest BCUT2D eigenvalue weighted by Crippen LogP contribution is -2.02. The third kappa shape index (κ3) is 2.74. The first-order valence-corrected chi connectivity index (χ1v) is 4.78. The second kappa shape index (κ2) is 4.80. The molecule has 1 aromatic rings. The Balaban J connectivity index is 2.75. The largest absolute Gasteiger partial charge is 0.383 e. The van der Waals surface area contributed by atoms with Crippen LogP contribution in [0.1, 0.15) is 0 Å². The van der Waals surface area contributed by atoms with E-state index in [-0.39, 0.29) is 0 Å². The van der Waals surface area contributed by atoms with Crippen LogP contribution in [0.25, 0.3) is 0 Å². The number of alkyl halides is 1. The number of benzene rings is 1. The highest BCUT2D eigenvalue weighted by Crippen LogP contribution is 2.24. The molecule has 12 heavy (non-hydrogen) atoms. The van der Waals surface area contributed by atoms with Gasteiger partial charge in [0.15, 0.2) is 0 Å². The smallest absolute Gasteiger partial charge is 0.0638 e. The summed E-state index contributed by atoms with van der Waals surface area (Å²) in [4.78, 5) is 0.